The van der Waals surface area contributed by atoms with Crippen LogP contribution in [0.15, 0.2) is 42.6 Å². The lowest BCUT2D eigenvalue weighted by molar-refractivity contribution is -0.384. The first kappa shape index (κ1) is 14.8. The van der Waals surface area contributed by atoms with Crippen LogP contribution in [0.25, 0.3) is 0 Å². The molecular weight excluding hydrogens is 287 g/mol. The summed E-state index contributed by atoms with van der Waals surface area (Å²) in [6.45, 7) is -0.215. The van der Waals surface area contributed by atoms with E-state index in [2.05, 4.69) is 10.3 Å². The largest absolute Gasteiger partial charge is 0.416 e. The van der Waals surface area contributed by atoms with Gasteiger partial charge in [-0.1, -0.05) is 18.2 Å². The molecule has 0 saturated heterocycles. The van der Waals surface area contributed by atoms with Gasteiger partial charge in [-0.25, -0.2) is 4.98 Å². The number of hydrogen-bond acceptors (Lipinski definition) is 4. The first-order valence-electron chi connectivity index (χ1n) is 5.88. The van der Waals surface area contributed by atoms with Gasteiger partial charge in [0.15, 0.2) is 0 Å². The molecule has 21 heavy (non-hydrogen) atoms. The Morgan fingerprint density at radius 2 is 1.90 bits per heavy atom. The van der Waals surface area contributed by atoms with E-state index < -0.39 is 16.7 Å². The maximum absolute atomic E-state index is 12.8. The predicted octanol–water partition coefficient (Wildman–Crippen LogP) is 3.62. The van der Waals surface area contributed by atoms with Gasteiger partial charge in [-0.15, -0.1) is 0 Å². The van der Waals surface area contributed by atoms with Crippen molar-refractivity contribution in [2.45, 2.75) is 12.7 Å². The maximum atomic E-state index is 12.8. The maximum Gasteiger partial charge on any atom is 0.416 e. The smallest absolute Gasteiger partial charge is 0.360 e. The monoisotopic (exact) mass is 297 g/mol. The summed E-state index contributed by atoms with van der Waals surface area (Å²) in [5, 5.41) is 13.4. The van der Waals surface area contributed by atoms with Crippen molar-refractivity contribution < 1.29 is 18.1 Å². The average Bonchev–Trinajstić information content (AvgIpc) is 2.44. The van der Waals surface area contributed by atoms with E-state index in [9.17, 15) is 23.3 Å². The molecular formula is C13H10F3N3O2. The average molecular weight is 297 g/mol. The van der Waals surface area contributed by atoms with Crippen molar-refractivity contribution in [1.29, 1.82) is 0 Å². The zero-order chi connectivity index (χ0) is 15.5. The van der Waals surface area contributed by atoms with Crippen molar-refractivity contribution in [3.05, 3.63) is 63.8 Å². The molecule has 110 valence electrons. The lowest BCUT2D eigenvalue weighted by atomic mass is 10.1. The van der Waals surface area contributed by atoms with E-state index in [1.807, 2.05) is 0 Å². The van der Waals surface area contributed by atoms with Crippen LogP contribution in [0.4, 0.5) is 24.7 Å². The number of rotatable bonds is 4. The van der Waals surface area contributed by atoms with E-state index >= 15 is 0 Å². The second-order valence-corrected chi connectivity index (χ2v) is 4.14. The van der Waals surface area contributed by atoms with Crippen LogP contribution in [-0.2, 0) is 12.7 Å². The number of nitrogens with zero attached hydrogens (tertiary/aromatic N) is 2. The van der Waals surface area contributed by atoms with Crippen LogP contribution in [0.3, 0.4) is 0 Å². The highest BCUT2D eigenvalue weighted by molar-refractivity contribution is 5.55. The Labute approximate surface area is 117 Å². The molecule has 2 rings (SSSR count). The quantitative estimate of drug-likeness (QED) is 0.691. The molecule has 8 heteroatoms. The molecule has 1 aromatic heterocycles. The van der Waals surface area contributed by atoms with Gasteiger partial charge >= 0.3 is 11.9 Å². The van der Waals surface area contributed by atoms with E-state index in [1.54, 1.807) is 0 Å². The molecule has 0 atom stereocenters. The molecule has 0 bridgehead atoms. The standard InChI is InChI=1S/C13H10F3N3O2/c14-13(15,16)10-5-2-1-4-9(10)8-18-12-11(19(20)21)6-3-7-17-12/h1-7H,8H2,(H,17,18). The van der Waals surface area contributed by atoms with Crippen molar-refractivity contribution in [3.63, 3.8) is 0 Å². The van der Waals surface area contributed by atoms with E-state index in [1.165, 1.54) is 36.5 Å². The summed E-state index contributed by atoms with van der Waals surface area (Å²) in [4.78, 5) is 13.9. The van der Waals surface area contributed by atoms with Gasteiger partial charge in [-0.05, 0) is 17.7 Å². The van der Waals surface area contributed by atoms with E-state index in [0.29, 0.717) is 0 Å². The topological polar surface area (TPSA) is 68.1 Å². The zero-order valence-corrected chi connectivity index (χ0v) is 10.6. The normalized spacial score (nSPS) is 11.2. The molecule has 2 aromatic rings. The van der Waals surface area contributed by atoms with Crippen LogP contribution in [0.5, 0.6) is 0 Å². The molecule has 0 fully saturated rings. The number of nitro groups is 1. The summed E-state index contributed by atoms with van der Waals surface area (Å²) >= 11 is 0. The van der Waals surface area contributed by atoms with Gasteiger partial charge in [0.25, 0.3) is 0 Å². The summed E-state index contributed by atoms with van der Waals surface area (Å²) in [6, 6.07) is 7.64. The van der Waals surface area contributed by atoms with E-state index in [-0.39, 0.29) is 23.6 Å². The molecule has 0 aliphatic rings. The van der Waals surface area contributed by atoms with Crippen molar-refractivity contribution >= 4 is 11.5 Å². The SMILES string of the molecule is O=[N+]([O-])c1cccnc1NCc1ccccc1C(F)(F)F. The molecule has 1 aromatic carbocycles. The second kappa shape index (κ2) is 5.78. The lowest BCUT2D eigenvalue weighted by Gasteiger charge is -2.13. The number of alkyl halides is 3. The van der Waals surface area contributed by atoms with Gasteiger partial charge in [0, 0.05) is 18.8 Å². The first-order valence-corrected chi connectivity index (χ1v) is 5.88. The third kappa shape index (κ3) is 3.47. The highest BCUT2D eigenvalue weighted by atomic mass is 19.4. The number of pyridine rings is 1. The summed E-state index contributed by atoms with van der Waals surface area (Å²) in [6.07, 6.45) is -3.15. The van der Waals surface area contributed by atoms with Crippen LogP contribution in [-0.4, -0.2) is 9.91 Å². The molecule has 0 radical (unpaired) electrons. The molecule has 5 nitrogen and oxygen atoms in total. The Morgan fingerprint density at radius 1 is 1.19 bits per heavy atom. The minimum Gasteiger partial charge on any atom is -0.360 e. The minimum absolute atomic E-state index is 0.00930. The summed E-state index contributed by atoms with van der Waals surface area (Å²) in [7, 11) is 0. The van der Waals surface area contributed by atoms with Gasteiger partial charge in [0.1, 0.15) is 0 Å². The molecule has 0 saturated carbocycles. The van der Waals surface area contributed by atoms with Crippen LogP contribution in [0.1, 0.15) is 11.1 Å². The highest BCUT2D eigenvalue weighted by Gasteiger charge is 2.32. The predicted molar refractivity (Wildman–Crippen MR) is 69.7 cm³/mol. The fraction of sp³-hybridized carbons (Fsp3) is 0.154. The Morgan fingerprint density at radius 3 is 2.57 bits per heavy atom. The molecule has 1 heterocycles. The second-order valence-electron chi connectivity index (χ2n) is 4.14. The molecule has 0 spiro atoms. The number of benzene rings is 1. The number of hydrogen-bond donors (Lipinski definition) is 1. The van der Waals surface area contributed by atoms with Crippen LogP contribution >= 0.6 is 0 Å². The van der Waals surface area contributed by atoms with Crippen molar-refractivity contribution in [2.24, 2.45) is 0 Å². The third-order valence-electron chi connectivity index (χ3n) is 2.75. The Bertz CT molecular complexity index is 659. The summed E-state index contributed by atoms with van der Waals surface area (Å²) < 4.78 is 38.5. The molecule has 1 N–H and O–H groups in total. The van der Waals surface area contributed by atoms with Crippen LogP contribution in [0, 0.1) is 10.1 Å². The van der Waals surface area contributed by atoms with Gasteiger partial charge in [0.05, 0.1) is 10.5 Å². The van der Waals surface area contributed by atoms with Crippen molar-refractivity contribution in [2.75, 3.05) is 5.32 Å². The zero-order valence-electron chi connectivity index (χ0n) is 10.6. The number of aromatic nitrogens is 1. The Balaban J connectivity index is 2.24. The number of anilines is 1. The van der Waals surface area contributed by atoms with Gasteiger partial charge in [-0.2, -0.15) is 13.2 Å². The lowest BCUT2D eigenvalue weighted by Crippen LogP contribution is -2.12. The van der Waals surface area contributed by atoms with Crippen LogP contribution < -0.4 is 5.32 Å². The van der Waals surface area contributed by atoms with Gasteiger partial charge in [-0.3, -0.25) is 10.1 Å². The summed E-state index contributed by atoms with van der Waals surface area (Å²) in [5.74, 6) is -0.0699. The van der Waals surface area contributed by atoms with Crippen molar-refractivity contribution in [3.8, 4) is 0 Å². The van der Waals surface area contributed by atoms with E-state index in [4.69, 9.17) is 0 Å². The molecule has 0 amide bonds. The molecule has 0 aliphatic heterocycles. The highest BCUT2D eigenvalue weighted by Crippen LogP contribution is 2.32. The fourth-order valence-electron chi connectivity index (χ4n) is 1.81. The van der Waals surface area contributed by atoms with Crippen LogP contribution in [0.2, 0.25) is 0 Å². The Kier molecular flexibility index (Phi) is 4.06. The van der Waals surface area contributed by atoms with E-state index in [0.717, 1.165) is 6.07 Å². The molecule has 0 aliphatic carbocycles. The van der Waals surface area contributed by atoms with Gasteiger partial charge in [0.2, 0.25) is 5.82 Å². The number of nitrogens with one attached hydrogen (secondary N) is 1. The van der Waals surface area contributed by atoms with Gasteiger partial charge < -0.3 is 5.32 Å². The third-order valence-corrected chi connectivity index (χ3v) is 2.75. The first-order chi connectivity index (χ1) is 9.89. The summed E-state index contributed by atoms with van der Waals surface area (Å²) in [5.41, 5.74) is -1.08. The fourth-order valence-corrected chi connectivity index (χ4v) is 1.81. The van der Waals surface area contributed by atoms with Crippen molar-refractivity contribution in [1.82, 2.24) is 4.98 Å². The molecule has 0 unspecified atom stereocenters. The number of halogens is 3. The Hall–Kier alpha value is -2.64. The minimum atomic E-state index is -4.48.